The average molecular weight is 585 g/mol. The van der Waals surface area contributed by atoms with Crippen LogP contribution in [0.25, 0.3) is 0 Å². The van der Waals surface area contributed by atoms with Gasteiger partial charge in [0.05, 0.1) is 55.4 Å². The fraction of sp³-hybridized carbons (Fsp3) is 0.379. The van der Waals surface area contributed by atoms with Crippen LogP contribution in [0.1, 0.15) is 65.1 Å². The first-order valence-corrected chi connectivity index (χ1v) is 14.8. The zero-order chi connectivity index (χ0) is 30.5. The normalized spacial score (nSPS) is 14.0. The van der Waals surface area contributed by atoms with Crippen LogP contribution >= 0.6 is 0 Å². The van der Waals surface area contributed by atoms with Crippen LogP contribution in [0.3, 0.4) is 0 Å². The van der Waals surface area contributed by atoms with E-state index in [2.05, 4.69) is 17.2 Å². The zero-order valence-electron chi connectivity index (χ0n) is 23.7. The van der Waals surface area contributed by atoms with Crippen LogP contribution in [0.5, 0.6) is 11.5 Å². The number of rotatable bonds is 10. The molecule has 2 aromatic carbocycles. The summed E-state index contributed by atoms with van der Waals surface area (Å²) in [6.07, 6.45) is 1.19. The molecule has 1 unspecified atom stereocenters. The molecule has 0 fully saturated rings. The molecule has 0 aliphatic carbocycles. The maximum Gasteiger partial charge on any atom is 0.309 e. The van der Waals surface area contributed by atoms with Gasteiger partial charge in [0.25, 0.3) is 11.8 Å². The summed E-state index contributed by atoms with van der Waals surface area (Å²) in [5.41, 5.74) is 0.603. The molecule has 1 aliphatic rings. The summed E-state index contributed by atoms with van der Waals surface area (Å²) in [6, 6.07) is 6.33. The Morgan fingerprint density at radius 1 is 1.07 bits per heavy atom. The molecule has 0 aromatic heterocycles. The predicted octanol–water partition coefficient (Wildman–Crippen LogP) is 2.98. The van der Waals surface area contributed by atoms with Gasteiger partial charge in [-0.05, 0) is 36.8 Å². The number of nitrogens with zero attached hydrogens (tertiary/aromatic N) is 1. The maximum absolute atomic E-state index is 13.8. The monoisotopic (exact) mass is 584 g/mol. The van der Waals surface area contributed by atoms with E-state index in [1.807, 2.05) is 0 Å². The second kappa shape index (κ2) is 12.9. The largest absolute Gasteiger partial charge is 0.493 e. The summed E-state index contributed by atoms with van der Waals surface area (Å²) < 4.78 is 40.6. The van der Waals surface area contributed by atoms with Crippen LogP contribution in [-0.2, 0) is 24.2 Å². The molecule has 1 N–H and O–H groups in total. The van der Waals surface area contributed by atoms with Gasteiger partial charge in [-0.25, -0.2) is 8.42 Å². The molecule has 0 bridgehead atoms. The molecule has 3 amide bonds. The highest BCUT2D eigenvalue weighted by atomic mass is 32.2. The number of esters is 1. The number of imide groups is 1. The summed E-state index contributed by atoms with van der Waals surface area (Å²) >= 11 is 0. The highest BCUT2D eigenvalue weighted by molar-refractivity contribution is 7.90. The van der Waals surface area contributed by atoms with Crippen molar-refractivity contribution in [3.05, 3.63) is 52.6 Å². The van der Waals surface area contributed by atoms with Gasteiger partial charge in [-0.15, -0.1) is 0 Å². The quantitative estimate of drug-likeness (QED) is 0.253. The Kier molecular flexibility index (Phi) is 9.78. The zero-order valence-corrected chi connectivity index (χ0v) is 24.5. The van der Waals surface area contributed by atoms with Crippen LogP contribution in [0, 0.1) is 17.8 Å². The fourth-order valence-corrected chi connectivity index (χ4v) is 5.31. The minimum absolute atomic E-state index is 0.0383. The van der Waals surface area contributed by atoms with Crippen molar-refractivity contribution in [3.8, 4) is 23.3 Å². The van der Waals surface area contributed by atoms with E-state index in [1.54, 1.807) is 26.0 Å². The molecule has 41 heavy (non-hydrogen) atoms. The Morgan fingerprint density at radius 2 is 1.78 bits per heavy atom. The van der Waals surface area contributed by atoms with Gasteiger partial charge in [-0.1, -0.05) is 24.8 Å². The molecule has 0 radical (unpaired) electrons. The van der Waals surface area contributed by atoms with Crippen molar-refractivity contribution in [2.75, 3.05) is 38.2 Å². The lowest BCUT2D eigenvalue weighted by Gasteiger charge is -2.27. The van der Waals surface area contributed by atoms with Crippen LogP contribution < -0.4 is 14.8 Å². The van der Waals surface area contributed by atoms with Gasteiger partial charge in [0, 0.05) is 25.2 Å². The van der Waals surface area contributed by atoms with Gasteiger partial charge in [0.15, 0.2) is 11.5 Å². The second-order valence-electron chi connectivity index (χ2n) is 9.49. The average Bonchev–Trinajstić information content (AvgIpc) is 3.15. The number of hydrogen-bond donors (Lipinski definition) is 1. The number of benzene rings is 2. The van der Waals surface area contributed by atoms with E-state index in [1.165, 1.54) is 39.3 Å². The summed E-state index contributed by atoms with van der Waals surface area (Å²) in [6.45, 7) is 4.97. The summed E-state index contributed by atoms with van der Waals surface area (Å²) in [4.78, 5) is 52.1. The minimum Gasteiger partial charge on any atom is -0.493 e. The third kappa shape index (κ3) is 7.24. The maximum atomic E-state index is 13.8. The van der Waals surface area contributed by atoms with Gasteiger partial charge in [-0.2, -0.15) is 0 Å². The predicted molar refractivity (Wildman–Crippen MR) is 151 cm³/mol. The third-order valence-corrected chi connectivity index (χ3v) is 7.14. The number of hydrogen-bond acceptors (Lipinski definition) is 9. The lowest BCUT2D eigenvalue weighted by molar-refractivity contribution is -0.144. The SMILES string of the molecule is CCOc1cc(C(CS(C)(=O)=O)N2C(=O)c3cc(C#CC[C@H](C)C(=O)OC)cc(NC(C)=O)c3C2=O)ccc1OC. The molecular weight excluding hydrogens is 552 g/mol. The summed E-state index contributed by atoms with van der Waals surface area (Å²) in [5.74, 6) is 2.97. The number of methoxy groups -OCH3 is 2. The van der Waals surface area contributed by atoms with Crippen molar-refractivity contribution < 1.29 is 41.8 Å². The van der Waals surface area contributed by atoms with Gasteiger partial charge in [-0.3, -0.25) is 24.1 Å². The molecule has 1 aliphatic heterocycles. The molecule has 3 rings (SSSR count). The minimum atomic E-state index is -3.70. The fourth-order valence-electron chi connectivity index (χ4n) is 4.39. The number of carbonyl (C=O) groups excluding carboxylic acids is 4. The topological polar surface area (TPSA) is 145 Å². The van der Waals surface area contributed by atoms with Crippen molar-refractivity contribution in [2.45, 2.75) is 33.2 Å². The first kappa shape index (κ1) is 31.2. The molecule has 2 aromatic rings. The van der Waals surface area contributed by atoms with Crippen LogP contribution in [0.4, 0.5) is 5.69 Å². The first-order chi connectivity index (χ1) is 19.3. The van der Waals surface area contributed by atoms with E-state index in [9.17, 15) is 27.6 Å². The van der Waals surface area contributed by atoms with Crippen molar-refractivity contribution in [2.24, 2.45) is 5.92 Å². The molecule has 0 saturated heterocycles. The Bertz CT molecular complexity index is 1550. The van der Waals surface area contributed by atoms with Gasteiger partial charge in [0.1, 0.15) is 9.84 Å². The van der Waals surface area contributed by atoms with Gasteiger partial charge < -0.3 is 19.5 Å². The summed E-state index contributed by atoms with van der Waals surface area (Å²) in [7, 11) is -0.965. The smallest absolute Gasteiger partial charge is 0.309 e. The van der Waals surface area contributed by atoms with Crippen molar-refractivity contribution >= 4 is 39.2 Å². The Hall–Kier alpha value is -4.37. The van der Waals surface area contributed by atoms with Crippen molar-refractivity contribution in [1.29, 1.82) is 0 Å². The Balaban J connectivity index is 2.13. The van der Waals surface area contributed by atoms with E-state index in [-0.39, 0.29) is 23.2 Å². The number of ether oxygens (including phenoxy) is 3. The number of sulfone groups is 1. The van der Waals surface area contributed by atoms with Crippen molar-refractivity contribution in [1.82, 2.24) is 4.90 Å². The molecule has 11 nitrogen and oxygen atoms in total. The van der Waals surface area contributed by atoms with E-state index in [0.29, 0.717) is 29.2 Å². The highest BCUT2D eigenvalue weighted by Gasteiger charge is 2.44. The number of fused-ring (bicyclic) bond motifs is 1. The van der Waals surface area contributed by atoms with E-state index in [4.69, 9.17) is 14.2 Å². The van der Waals surface area contributed by atoms with Gasteiger partial charge in [0.2, 0.25) is 5.91 Å². The molecule has 218 valence electrons. The van der Waals surface area contributed by atoms with Crippen LogP contribution in [-0.4, -0.2) is 69.8 Å². The number of carbonyl (C=O) groups is 4. The molecule has 12 heteroatoms. The molecule has 0 saturated carbocycles. The number of nitrogens with one attached hydrogen (secondary N) is 1. The number of anilines is 1. The molecule has 0 spiro atoms. The Labute approximate surface area is 239 Å². The van der Waals surface area contributed by atoms with E-state index >= 15 is 0 Å². The highest BCUT2D eigenvalue weighted by Crippen LogP contribution is 2.39. The lowest BCUT2D eigenvalue weighted by atomic mass is 10.0. The van der Waals surface area contributed by atoms with Crippen LogP contribution in [0.15, 0.2) is 30.3 Å². The summed E-state index contributed by atoms with van der Waals surface area (Å²) in [5, 5.41) is 2.58. The molecule has 1 heterocycles. The van der Waals surface area contributed by atoms with E-state index in [0.717, 1.165) is 11.2 Å². The number of amides is 3. The Morgan fingerprint density at radius 3 is 2.37 bits per heavy atom. The van der Waals surface area contributed by atoms with E-state index < -0.39 is 51.2 Å². The van der Waals surface area contributed by atoms with Crippen LogP contribution in [0.2, 0.25) is 0 Å². The molecule has 2 atom stereocenters. The molecular formula is C29H32N2O9S. The second-order valence-corrected chi connectivity index (χ2v) is 11.7. The first-order valence-electron chi connectivity index (χ1n) is 12.7. The third-order valence-electron chi connectivity index (χ3n) is 6.22. The standard InChI is InChI=1S/C29H32N2O9S/c1-7-40-25-15-20(11-12-24(25)38-4)23(16-41(6,36)37)31-27(33)21-13-19(10-8-9-17(2)29(35)39-5)14-22(30-18(3)32)26(21)28(31)34/h11-15,17,23H,7,9,16H2,1-6H3,(H,30,32)/t17-,23?/m0/s1. The van der Waals surface area contributed by atoms with Gasteiger partial charge >= 0.3 is 5.97 Å². The lowest BCUT2D eigenvalue weighted by Crippen LogP contribution is -2.37. The van der Waals surface area contributed by atoms with Crippen molar-refractivity contribution in [3.63, 3.8) is 0 Å².